The van der Waals surface area contributed by atoms with E-state index in [1.54, 1.807) is 0 Å². The van der Waals surface area contributed by atoms with Gasteiger partial charge in [0.25, 0.3) is 0 Å². The lowest BCUT2D eigenvalue weighted by Gasteiger charge is -2.00. The molecule has 0 aliphatic rings. The Morgan fingerprint density at radius 2 is 1.33 bits per heavy atom. The summed E-state index contributed by atoms with van der Waals surface area (Å²) in [6, 6.07) is 0. The largest absolute Gasteiger partial charge is 0.133 e. The third-order valence-electron chi connectivity index (χ3n) is 0.730. The molecule has 0 atom stereocenters. The van der Waals surface area contributed by atoms with Crippen LogP contribution >= 0.6 is 0 Å². The van der Waals surface area contributed by atoms with Crippen LogP contribution in [0.2, 0.25) is 0 Å². The molecule has 0 aromatic rings. The van der Waals surface area contributed by atoms with E-state index in [4.69, 9.17) is 0 Å². The van der Waals surface area contributed by atoms with Crippen molar-refractivity contribution in [3.8, 4) is 0 Å². The first kappa shape index (κ1) is 6.31. The van der Waals surface area contributed by atoms with E-state index >= 15 is 0 Å². The quantitative estimate of drug-likeness (QED) is 0.436. The van der Waals surface area contributed by atoms with Crippen LogP contribution in [0.3, 0.4) is 0 Å². The SMILES string of the molecule is CN(C)[S+](C)C. The molecular weight excluding hydrogens is 94.1 g/mol. The predicted molar refractivity (Wildman–Crippen MR) is 32.9 cm³/mol. The third kappa shape index (κ3) is 2.54. The van der Waals surface area contributed by atoms with Crippen molar-refractivity contribution in [2.45, 2.75) is 0 Å². The fourth-order valence-electron chi connectivity index (χ4n) is 0. The van der Waals surface area contributed by atoms with Crippen molar-refractivity contribution in [2.24, 2.45) is 0 Å². The second-order valence-electron chi connectivity index (χ2n) is 1.59. The monoisotopic (exact) mass is 106 g/mol. The summed E-state index contributed by atoms with van der Waals surface area (Å²) >= 11 is 0.466. The molecule has 0 saturated carbocycles. The molecule has 0 amide bonds. The van der Waals surface area contributed by atoms with E-state index in [9.17, 15) is 0 Å². The van der Waals surface area contributed by atoms with Gasteiger partial charge in [-0.3, -0.25) is 0 Å². The van der Waals surface area contributed by atoms with E-state index < -0.39 is 0 Å². The second kappa shape index (κ2) is 2.48. The van der Waals surface area contributed by atoms with Gasteiger partial charge in [0.15, 0.2) is 0 Å². The van der Waals surface area contributed by atoms with E-state index in [1.807, 2.05) is 0 Å². The van der Waals surface area contributed by atoms with Gasteiger partial charge in [0.05, 0.1) is 11.1 Å². The standard InChI is InChI=1S/C4H12NS/c1-5(2)6(3)4/h1-4H3/q+1. The lowest BCUT2D eigenvalue weighted by molar-refractivity contribution is 0.693. The fourth-order valence-corrected chi connectivity index (χ4v) is 0. The Kier molecular flexibility index (Phi) is 2.61. The molecule has 0 fully saturated rings. The molecule has 0 aliphatic carbocycles. The van der Waals surface area contributed by atoms with E-state index in [1.165, 1.54) is 0 Å². The number of hydrogen-bond acceptors (Lipinski definition) is 1. The minimum atomic E-state index is 0.466. The minimum Gasteiger partial charge on any atom is -0.133 e. The molecule has 0 unspecified atom stereocenters. The highest BCUT2D eigenvalue weighted by Crippen LogP contribution is 1.84. The Bertz CT molecular complexity index is 28.5. The van der Waals surface area contributed by atoms with Crippen LogP contribution in [0.5, 0.6) is 0 Å². The van der Waals surface area contributed by atoms with Gasteiger partial charge in [-0.1, -0.05) is 0 Å². The van der Waals surface area contributed by atoms with E-state index in [0.29, 0.717) is 11.1 Å². The zero-order chi connectivity index (χ0) is 5.15. The molecule has 0 spiro atoms. The Morgan fingerprint density at radius 3 is 1.33 bits per heavy atom. The van der Waals surface area contributed by atoms with Crippen LogP contribution in [0.25, 0.3) is 0 Å². The molecule has 0 aromatic carbocycles. The van der Waals surface area contributed by atoms with Crippen molar-refractivity contribution < 1.29 is 0 Å². The molecular formula is C4H12NS+. The highest BCUT2D eigenvalue weighted by Gasteiger charge is 2.01. The van der Waals surface area contributed by atoms with Crippen molar-refractivity contribution in [3.05, 3.63) is 0 Å². The Morgan fingerprint density at radius 1 is 1.17 bits per heavy atom. The van der Waals surface area contributed by atoms with Crippen LogP contribution in [0.4, 0.5) is 0 Å². The average molecular weight is 106 g/mol. The third-order valence-corrected chi connectivity index (χ3v) is 2.19. The van der Waals surface area contributed by atoms with Crippen LogP contribution in [-0.4, -0.2) is 30.9 Å². The van der Waals surface area contributed by atoms with Crippen LogP contribution < -0.4 is 0 Å². The van der Waals surface area contributed by atoms with Crippen LogP contribution in [0.15, 0.2) is 0 Å². The van der Waals surface area contributed by atoms with Gasteiger partial charge in [0.2, 0.25) is 0 Å². The molecule has 2 heteroatoms. The molecule has 0 aliphatic heterocycles. The summed E-state index contributed by atoms with van der Waals surface area (Å²) in [6.45, 7) is 0. The maximum atomic E-state index is 2.19. The maximum absolute atomic E-state index is 2.19. The number of hydrogen-bond donors (Lipinski definition) is 0. The highest BCUT2D eigenvalue weighted by molar-refractivity contribution is 7.93. The summed E-state index contributed by atoms with van der Waals surface area (Å²) in [5.74, 6) is 0. The highest BCUT2D eigenvalue weighted by atomic mass is 32.2. The summed E-state index contributed by atoms with van der Waals surface area (Å²) < 4.78 is 2.19. The smallest absolute Gasteiger partial charge is 0.117 e. The summed E-state index contributed by atoms with van der Waals surface area (Å²) in [5.41, 5.74) is 0. The molecule has 0 N–H and O–H groups in total. The molecule has 0 bridgehead atoms. The van der Waals surface area contributed by atoms with Crippen molar-refractivity contribution in [1.82, 2.24) is 4.31 Å². The zero-order valence-electron chi connectivity index (χ0n) is 4.86. The topological polar surface area (TPSA) is 3.24 Å². The molecule has 38 valence electrons. The van der Waals surface area contributed by atoms with Crippen LogP contribution in [-0.2, 0) is 11.1 Å². The molecule has 0 radical (unpaired) electrons. The van der Waals surface area contributed by atoms with Gasteiger partial charge in [-0.05, 0) is 0 Å². The Labute approximate surface area is 42.8 Å². The lowest BCUT2D eigenvalue weighted by atomic mass is 11.3. The number of nitrogens with zero attached hydrogens (tertiary/aromatic N) is 1. The van der Waals surface area contributed by atoms with Crippen molar-refractivity contribution >= 4 is 11.1 Å². The molecule has 0 aromatic heterocycles. The first-order valence-corrected chi connectivity index (χ1v) is 3.89. The minimum absolute atomic E-state index is 0.466. The van der Waals surface area contributed by atoms with Crippen LogP contribution in [0, 0.1) is 0 Å². The molecule has 1 nitrogen and oxygen atoms in total. The van der Waals surface area contributed by atoms with E-state index in [-0.39, 0.29) is 0 Å². The number of rotatable bonds is 1. The van der Waals surface area contributed by atoms with Crippen molar-refractivity contribution in [2.75, 3.05) is 26.6 Å². The van der Waals surface area contributed by atoms with Crippen LogP contribution in [0.1, 0.15) is 0 Å². The molecule has 6 heavy (non-hydrogen) atoms. The lowest BCUT2D eigenvalue weighted by Crippen LogP contribution is -2.18. The molecule has 0 heterocycles. The van der Waals surface area contributed by atoms with Gasteiger partial charge in [-0.25, -0.2) is 0 Å². The summed E-state index contributed by atoms with van der Waals surface area (Å²) in [7, 11) is 4.17. The first-order valence-electron chi connectivity index (χ1n) is 1.89. The summed E-state index contributed by atoms with van der Waals surface area (Å²) in [5, 5.41) is 0. The van der Waals surface area contributed by atoms with Gasteiger partial charge >= 0.3 is 0 Å². The van der Waals surface area contributed by atoms with Gasteiger partial charge in [0.1, 0.15) is 12.5 Å². The molecule has 0 rings (SSSR count). The maximum Gasteiger partial charge on any atom is 0.117 e. The van der Waals surface area contributed by atoms with Gasteiger partial charge in [-0.2, -0.15) is 0 Å². The van der Waals surface area contributed by atoms with Gasteiger partial charge in [0, 0.05) is 14.1 Å². The summed E-state index contributed by atoms with van der Waals surface area (Å²) in [6.07, 6.45) is 4.39. The van der Waals surface area contributed by atoms with Crippen molar-refractivity contribution in [3.63, 3.8) is 0 Å². The average Bonchev–Trinajstić information content (AvgIpc) is 1.36. The van der Waals surface area contributed by atoms with E-state index in [0.717, 1.165) is 0 Å². The van der Waals surface area contributed by atoms with Gasteiger partial charge in [-0.15, -0.1) is 4.31 Å². The predicted octanol–water partition coefficient (Wildman–Crippen LogP) is 0.341. The normalized spacial score (nSPS) is 11.0. The second-order valence-corrected chi connectivity index (χ2v) is 3.86. The van der Waals surface area contributed by atoms with E-state index in [2.05, 4.69) is 30.9 Å². The first-order chi connectivity index (χ1) is 2.64. The molecule has 0 saturated heterocycles. The Balaban J connectivity index is 2.99. The van der Waals surface area contributed by atoms with Gasteiger partial charge < -0.3 is 0 Å². The Hall–Kier alpha value is 0.310. The zero-order valence-corrected chi connectivity index (χ0v) is 5.67. The van der Waals surface area contributed by atoms with Crippen molar-refractivity contribution in [1.29, 1.82) is 0 Å². The summed E-state index contributed by atoms with van der Waals surface area (Å²) in [4.78, 5) is 0. The fraction of sp³-hybridized carbons (Fsp3) is 1.00.